The van der Waals surface area contributed by atoms with Gasteiger partial charge in [-0.25, -0.2) is 4.98 Å². The van der Waals surface area contributed by atoms with Crippen LogP contribution in [0.15, 0.2) is 128 Å². The third kappa shape index (κ3) is 26.2. The molecular weight excluding hydrogens is 1390 g/mol. The van der Waals surface area contributed by atoms with Crippen molar-refractivity contribution in [1.29, 1.82) is 0 Å². The molecule has 10 heterocycles. The Morgan fingerprint density at radius 1 is 0.330 bits per heavy atom. The van der Waals surface area contributed by atoms with Gasteiger partial charge in [0.2, 0.25) is 0 Å². The largest absolute Gasteiger partial charge is 0.399 e. The minimum absolute atomic E-state index is 0.850. The van der Waals surface area contributed by atoms with E-state index >= 15 is 0 Å². The molecule has 1 aromatic heterocycles. The number of likely N-dealkylation sites (N-methyl/N-ethyl adjacent to an activating group) is 3. The standard InChI is InChI=1S/C16H26N4.C16H25N3.C15H26N4.C15H23N3.C15H25N3.C14H18N4/c1-18-7-9-19(10-8-18)11-12-20-6-2-3-14-4-5-15(17)13-16(14)20;17-15-7-6-14-5-4-10-19(16(14)13-15)12-11-18-8-2-1-3-9-18;1-18(2)10-7-17-8-11-19-9-3-4-13-5-6-14(16)12-15(13)19;16-14-6-5-13-4-3-9-18(15(13)12-14)11-10-17-7-1-2-8-17;1-3-17(4-2)10-11-18-9-5-6-13-7-8-14(16)12-15(13)18;15-13-4-3-12-2-1-6-18(14(12)10-13)9-8-17-7-5-16-11-17/h4-5,13H,2-3,6-12,17H2,1H3;6-7,13H,1-5,8-12,17H2;5-6,12,17H,3-4,7-11,16H2,1-2H3;5-6,12H,1-4,7-11,16H2;7-8,12H,3-6,9-11,16H2,1-2H3;3-5,7,10-11H,1-2,6,8-9,15H2. The molecule has 21 heteroatoms. The van der Waals surface area contributed by atoms with Crippen LogP contribution in [0.2, 0.25) is 0 Å². The second-order valence-corrected chi connectivity index (χ2v) is 32.8. The van der Waals surface area contributed by atoms with Crippen molar-refractivity contribution >= 4 is 68.2 Å². The summed E-state index contributed by atoms with van der Waals surface area (Å²) in [5.74, 6) is 0. The van der Waals surface area contributed by atoms with Gasteiger partial charge in [0, 0.05) is 238 Å². The van der Waals surface area contributed by atoms with E-state index in [2.05, 4.69) is 181 Å². The highest BCUT2D eigenvalue weighted by Crippen LogP contribution is 2.35. The van der Waals surface area contributed by atoms with Crippen LogP contribution in [-0.4, -0.2) is 250 Å². The molecule has 0 spiro atoms. The lowest BCUT2D eigenvalue weighted by atomic mass is 10.0. The number of nitrogen functional groups attached to an aromatic ring is 6. The summed E-state index contributed by atoms with van der Waals surface area (Å²) in [7, 11) is 6.41. The summed E-state index contributed by atoms with van der Waals surface area (Å²) in [6.07, 6.45) is 27.3. The number of benzene rings is 6. The molecule has 0 radical (unpaired) electrons. The maximum Gasteiger partial charge on any atom is 0.0946 e. The Morgan fingerprint density at radius 3 is 0.964 bits per heavy atom. The van der Waals surface area contributed by atoms with Gasteiger partial charge in [-0.2, -0.15) is 0 Å². The number of hydrogen-bond acceptors (Lipinski definition) is 20. The summed E-state index contributed by atoms with van der Waals surface area (Å²) in [5, 5.41) is 3.49. The number of likely N-dealkylation sites (tertiary alicyclic amines) is 2. The molecule has 0 bridgehead atoms. The molecule has 21 nitrogen and oxygen atoms in total. The van der Waals surface area contributed by atoms with Gasteiger partial charge in [0.05, 0.1) is 6.33 Å². The van der Waals surface area contributed by atoms with Gasteiger partial charge in [0.25, 0.3) is 0 Å². The molecule has 112 heavy (non-hydrogen) atoms. The lowest BCUT2D eigenvalue weighted by molar-refractivity contribution is 0.156. The van der Waals surface area contributed by atoms with E-state index in [1.807, 2.05) is 55.1 Å². The molecule has 3 saturated heterocycles. The Morgan fingerprint density at radius 2 is 0.643 bits per heavy atom. The van der Waals surface area contributed by atoms with E-state index < -0.39 is 0 Å². The van der Waals surface area contributed by atoms with E-state index in [0.717, 1.165) is 145 Å². The van der Waals surface area contributed by atoms with Crippen LogP contribution in [0.4, 0.5) is 68.2 Å². The number of nitrogens with one attached hydrogen (secondary N) is 1. The van der Waals surface area contributed by atoms with Gasteiger partial charge < -0.3 is 98.2 Å². The fourth-order valence-electron chi connectivity index (χ4n) is 17.5. The maximum atomic E-state index is 5.96. The van der Waals surface area contributed by atoms with Crippen LogP contribution in [0.25, 0.3) is 0 Å². The summed E-state index contributed by atoms with van der Waals surface area (Å²) in [5.41, 5.74) is 57.6. The van der Waals surface area contributed by atoms with E-state index in [1.165, 1.54) is 262 Å². The molecule has 13 N–H and O–H groups in total. The van der Waals surface area contributed by atoms with Gasteiger partial charge in [-0.05, 0) is 269 Å². The zero-order valence-corrected chi connectivity index (χ0v) is 69.6. The van der Waals surface area contributed by atoms with Crippen molar-refractivity contribution in [2.24, 2.45) is 0 Å². The van der Waals surface area contributed by atoms with E-state index in [4.69, 9.17) is 34.4 Å². The van der Waals surface area contributed by atoms with Crippen LogP contribution in [0, 0.1) is 0 Å². The first kappa shape index (κ1) is 84.8. The molecule has 9 aliphatic heterocycles. The highest BCUT2D eigenvalue weighted by atomic mass is 15.3. The Hall–Kier alpha value is -8.15. The molecule has 0 saturated carbocycles. The predicted molar refractivity (Wildman–Crippen MR) is 480 cm³/mol. The molecule has 0 unspecified atom stereocenters. The molecule has 6 aromatic carbocycles. The zero-order chi connectivity index (χ0) is 78.4. The van der Waals surface area contributed by atoms with Crippen molar-refractivity contribution in [3.8, 4) is 0 Å². The van der Waals surface area contributed by atoms with Crippen molar-refractivity contribution < 1.29 is 0 Å². The van der Waals surface area contributed by atoms with Crippen LogP contribution < -0.4 is 69.1 Å². The van der Waals surface area contributed by atoms with Crippen LogP contribution in [-0.2, 0) is 45.1 Å². The molecule has 9 aliphatic rings. The number of rotatable bonds is 23. The fraction of sp³-hybridized carbons (Fsp3) is 0.571. The average Bonchev–Trinajstić information content (AvgIpc) is 1.12. The van der Waals surface area contributed by atoms with E-state index in [-0.39, 0.29) is 0 Å². The third-order valence-corrected chi connectivity index (χ3v) is 24.3. The van der Waals surface area contributed by atoms with E-state index in [1.54, 1.807) is 0 Å². The molecule has 7 aromatic rings. The normalized spacial score (nSPS) is 17.7. The zero-order valence-electron chi connectivity index (χ0n) is 69.6. The minimum atomic E-state index is 0.850. The molecule has 0 aliphatic carbocycles. The number of aromatic nitrogens is 2. The van der Waals surface area contributed by atoms with Crippen LogP contribution >= 0.6 is 0 Å². The van der Waals surface area contributed by atoms with Crippen molar-refractivity contribution in [1.82, 2.24) is 44.3 Å². The number of piperazine rings is 1. The first-order chi connectivity index (χ1) is 54.6. The number of nitrogens with two attached hydrogens (primary N) is 6. The Labute approximate surface area is 674 Å². The Balaban J connectivity index is 0.000000133. The second kappa shape index (κ2) is 44.5. The highest BCUT2D eigenvalue weighted by Gasteiger charge is 2.25. The third-order valence-electron chi connectivity index (χ3n) is 24.3. The number of imidazole rings is 1. The monoisotopic (exact) mass is 1530 g/mol. The average molecular weight is 1530 g/mol. The number of fused-ring (bicyclic) bond motifs is 6. The first-order valence-corrected chi connectivity index (χ1v) is 43.3. The molecule has 0 atom stereocenters. The van der Waals surface area contributed by atoms with Crippen molar-refractivity contribution in [3.63, 3.8) is 0 Å². The highest BCUT2D eigenvalue weighted by molar-refractivity contribution is 5.67. The molecule has 0 amide bonds. The van der Waals surface area contributed by atoms with E-state index in [0.29, 0.717) is 0 Å². The van der Waals surface area contributed by atoms with Gasteiger partial charge in [-0.1, -0.05) is 56.7 Å². The van der Waals surface area contributed by atoms with Crippen LogP contribution in [0.1, 0.15) is 118 Å². The van der Waals surface area contributed by atoms with Crippen molar-refractivity contribution in [2.75, 3.05) is 275 Å². The predicted octanol–water partition coefficient (Wildman–Crippen LogP) is 11.3. The molecule has 3 fully saturated rings. The number of aryl methyl sites for hydroxylation is 6. The fourth-order valence-corrected chi connectivity index (χ4v) is 17.5. The lowest BCUT2D eigenvalue weighted by Crippen LogP contribution is -2.47. The van der Waals surface area contributed by atoms with Gasteiger partial charge in [-0.15, -0.1) is 0 Å². The number of hydrogen-bond donors (Lipinski definition) is 7. The molecule has 612 valence electrons. The number of anilines is 12. The number of nitrogens with zero attached hydrogens (tertiary/aromatic N) is 14. The maximum absolute atomic E-state index is 5.96. The Kier molecular flexibility index (Phi) is 33.7. The van der Waals surface area contributed by atoms with Gasteiger partial charge in [0.15, 0.2) is 0 Å². The van der Waals surface area contributed by atoms with Gasteiger partial charge in [-0.3, -0.25) is 4.90 Å². The summed E-state index contributed by atoms with van der Waals surface area (Å²) in [6, 6.07) is 38.1. The minimum Gasteiger partial charge on any atom is -0.399 e. The molecule has 16 rings (SSSR count). The summed E-state index contributed by atoms with van der Waals surface area (Å²) in [6.45, 7) is 39.1. The SMILES string of the molecule is CCN(CC)CCN1CCCc2ccc(N)cc21.CN(C)CCNCCN1CCCc2ccc(N)cc21.CN1CCN(CCN2CCCc3ccc(N)cc32)CC1.Nc1ccc2c(c1)N(CCN1CCCC1)CCC2.Nc1ccc2c(c1)N(CCN1CCCCC1)CCC2.Nc1ccc2c(c1)N(CCn1ccnc1)CCC2. The second-order valence-electron chi connectivity index (χ2n) is 32.8. The Bertz CT molecular complexity index is 3810. The summed E-state index contributed by atoms with van der Waals surface area (Å²) in [4.78, 5) is 33.9. The smallest absolute Gasteiger partial charge is 0.0946 e. The lowest BCUT2D eigenvalue weighted by Gasteiger charge is -2.36. The summed E-state index contributed by atoms with van der Waals surface area (Å²) >= 11 is 0. The van der Waals surface area contributed by atoms with Crippen LogP contribution in [0.5, 0.6) is 0 Å². The summed E-state index contributed by atoms with van der Waals surface area (Å²) < 4.78 is 2.11. The van der Waals surface area contributed by atoms with Crippen LogP contribution in [0.3, 0.4) is 0 Å². The first-order valence-electron chi connectivity index (χ1n) is 43.3. The topological polar surface area (TPSA) is 225 Å². The van der Waals surface area contributed by atoms with Gasteiger partial charge in [0.1, 0.15) is 0 Å². The molecular formula is C91H143N21. The van der Waals surface area contributed by atoms with Gasteiger partial charge >= 0.3 is 0 Å². The van der Waals surface area contributed by atoms with E-state index in [9.17, 15) is 0 Å². The van der Waals surface area contributed by atoms with Crippen molar-refractivity contribution in [2.45, 2.75) is 130 Å². The number of piperidine rings is 1. The quantitative estimate of drug-likeness (QED) is 0.0234. The van der Waals surface area contributed by atoms with Crippen molar-refractivity contribution in [3.05, 3.63) is 161 Å².